The molecule has 7 heteroatoms. The number of methoxy groups -OCH3 is 1. The van der Waals surface area contributed by atoms with Gasteiger partial charge in [0, 0.05) is 12.8 Å². The fraction of sp³-hybridized carbons (Fsp3) is 0.720. The molecule has 4 aliphatic rings. The van der Waals surface area contributed by atoms with Gasteiger partial charge in [-0.25, -0.2) is 0 Å². The van der Waals surface area contributed by atoms with Crippen molar-refractivity contribution in [1.82, 2.24) is 0 Å². The molecular formula is C25H34O7. The van der Waals surface area contributed by atoms with Gasteiger partial charge >= 0.3 is 5.97 Å². The minimum absolute atomic E-state index is 0.0854. The zero-order valence-corrected chi connectivity index (χ0v) is 18.8. The first-order chi connectivity index (χ1) is 15.7. The Balaban J connectivity index is 1.28. The van der Waals surface area contributed by atoms with Crippen molar-refractivity contribution in [3.05, 3.63) is 35.9 Å². The van der Waals surface area contributed by atoms with E-state index in [1.54, 1.807) is 0 Å². The molecular weight excluding hydrogens is 412 g/mol. The summed E-state index contributed by atoms with van der Waals surface area (Å²) in [4.78, 5) is 11.8. The smallest absolute Gasteiger partial charge is 0.308 e. The third-order valence-electron chi connectivity index (χ3n) is 7.19. The molecule has 1 aliphatic carbocycles. The molecule has 1 aromatic carbocycles. The van der Waals surface area contributed by atoms with Crippen molar-refractivity contribution in [1.29, 1.82) is 0 Å². The van der Waals surface area contributed by atoms with Crippen molar-refractivity contribution in [2.24, 2.45) is 0 Å². The van der Waals surface area contributed by atoms with E-state index in [2.05, 4.69) is 12.1 Å². The minimum Gasteiger partial charge on any atom is -0.469 e. The fourth-order valence-electron chi connectivity index (χ4n) is 5.57. The normalized spacial score (nSPS) is 35.8. The minimum atomic E-state index is -0.540. The number of ether oxygens (including phenoxy) is 6. The molecule has 7 nitrogen and oxygen atoms in total. The highest BCUT2D eigenvalue weighted by Crippen LogP contribution is 2.47. The number of rotatable bonds is 6. The van der Waals surface area contributed by atoms with E-state index in [0.717, 1.165) is 44.1 Å². The van der Waals surface area contributed by atoms with Crippen LogP contribution < -0.4 is 0 Å². The van der Waals surface area contributed by atoms with Crippen molar-refractivity contribution >= 4 is 5.97 Å². The molecule has 5 unspecified atom stereocenters. The topological polar surface area (TPSA) is 72.5 Å². The third-order valence-corrected chi connectivity index (χ3v) is 7.19. The van der Waals surface area contributed by atoms with E-state index in [0.29, 0.717) is 13.2 Å². The average Bonchev–Trinajstić information content (AvgIpc) is 3.19. The summed E-state index contributed by atoms with van der Waals surface area (Å²) in [6.07, 6.45) is 5.93. The molecule has 0 radical (unpaired) electrons. The van der Waals surface area contributed by atoms with E-state index < -0.39 is 5.79 Å². The van der Waals surface area contributed by atoms with Gasteiger partial charge in [-0.3, -0.25) is 4.79 Å². The van der Waals surface area contributed by atoms with Gasteiger partial charge in [-0.2, -0.15) is 0 Å². The van der Waals surface area contributed by atoms with E-state index in [4.69, 9.17) is 28.4 Å². The first kappa shape index (κ1) is 22.3. The molecule has 5 rings (SSSR count). The first-order valence-corrected chi connectivity index (χ1v) is 12.0. The lowest BCUT2D eigenvalue weighted by Crippen LogP contribution is -2.60. The Morgan fingerprint density at radius 1 is 1.00 bits per heavy atom. The van der Waals surface area contributed by atoms with Crippen LogP contribution in [0.5, 0.6) is 0 Å². The summed E-state index contributed by atoms with van der Waals surface area (Å²) in [5, 5.41) is 0. The van der Waals surface area contributed by atoms with Crippen molar-refractivity contribution < 1.29 is 33.2 Å². The number of hydrogen-bond donors (Lipinski definition) is 0. The maximum atomic E-state index is 11.8. The van der Waals surface area contributed by atoms with E-state index in [9.17, 15) is 4.79 Å². The fourth-order valence-corrected chi connectivity index (χ4v) is 5.57. The van der Waals surface area contributed by atoms with Crippen LogP contribution in [0.3, 0.4) is 0 Å². The van der Waals surface area contributed by atoms with Crippen LogP contribution in [0, 0.1) is 0 Å². The third kappa shape index (κ3) is 4.73. The van der Waals surface area contributed by atoms with Gasteiger partial charge in [-0.15, -0.1) is 0 Å². The second-order valence-corrected chi connectivity index (χ2v) is 9.43. The molecule has 176 valence electrons. The Morgan fingerprint density at radius 3 is 2.56 bits per heavy atom. The van der Waals surface area contributed by atoms with E-state index in [-0.39, 0.29) is 49.0 Å². The molecule has 4 fully saturated rings. The summed E-state index contributed by atoms with van der Waals surface area (Å²) in [7, 11) is 1.41. The Morgan fingerprint density at radius 2 is 1.78 bits per heavy atom. The van der Waals surface area contributed by atoms with E-state index in [1.807, 2.05) is 18.2 Å². The van der Waals surface area contributed by atoms with Crippen LogP contribution in [-0.4, -0.2) is 62.1 Å². The zero-order valence-electron chi connectivity index (χ0n) is 18.8. The first-order valence-electron chi connectivity index (χ1n) is 12.0. The lowest BCUT2D eigenvalue weighted by Gasteiger charge is -2.46. The van der Waals surface area contributed by atoms with Gasteiger partial charge in [0.1, 0.15) is 24.4 Å². The second-order valence-electron chi connectivity index (χ2n) is 9.43. The van der Waals surface area contributed by atoms with Crippen molar-refractivity contribution in [2.75, 3.05) is 13.7 Å². The highest BCUT2D eigenvalue weighted by Gasteiger charge is 2.59. The molecule has 0 bridgehead atoms. The molecule has 1 aromatic rings. The maximum absolute atomic E-state index is 11.8. The lowest BCUT2D eigenvalue weighted by molar-refractivity contribution is -0.247. The maximum Gasteiger partial charge on any atom is 0.308 e. The highest BCUT2D eigenvalue weighted by molar-refractivity contribution is 5.69. The summed E-state index contributed by atoms with van der Waals surface area (Å²) < 4.78 is 37.0. The van der Waals surface area contributed by atoms with Gasteiger partial charge in [0.05, 0.1) is 39.0 Å². The largest absolute Gasteiger partial charge is 0.469 e. The van der Waals surface area contributed by atoms with Gasteiger partial charge < -0.3 is 28.4 Å². The van der Waals surface area contributed by atoms with Crippen molar-refractivity contribution in [3.8, 4) is 0 Å². The predicted molar refractivity (Wildman–Crippen MR) is 115 cm³/mol. The quantitative estimate of drug-likeness (QED) is 0.619. The van der Waals surface area contributed by atoms with E-state index in [1.165, 1.54) is 13.5 Å². The molecule has 1 spiro atoms. The SMILES string of the molecule is COC(=O)CC1CC[C@@H]2OC(COCc3ccccc3)C3OC4(CCCCC4)OC3C2O1. The molecule has 1 saturated carbocycles. The molecule has 0 aromatic heterocycles. The van der Waals surface area contributed by atoms with Gasteiger partial charge in [0.15, 0.2) is 5.79 Å². The highest BCUT2D eigenvalue weighted by atomic mass is 16.8. The van der Waals surface area contributed by atoms with Gasteiger partial charge in [0.2, 0.25) is 0 Å². The van der Waals surface area contributed by atoms with Crippen LogP contribution in [0.1, 0.15) is 56.9 Å². The van der Waals surface area contributed by atoms with Crippen LogP contribution in [-0.2, 0) is 39.8 Å². The monoisotopic (exact) mass is 446 g/mol. The van der Waals surface area contributed by atoms with Crippen LogP contribution in [0.4, 0.5) is 0 Å². The number of hydrogen-bond acceptors (Lipinski definition) is 7. The molecule has 3 saturated heterocycles. The number of benzene rings is 1. The molecule has 0 amide bonds. The molecule has 6 atom stereocenters. The number of carbonyl (C=O) groups is 1. The molecule has 3 heterocycles. The summed E-state index contributed by atoms with van der Waals surface area (Å²) in [5.74, 6) is -0.788. The van der Waals surface area contributed by atoms with Crippen LogP contribution in [0.15, 0.2) is 30.3 Å². The molecule has 0 N–H and O–H groups in total. The summed E-state index contributed by atoms with van der Waals surface area (Å²) >= 11 is 0. The summed E-state index contributed by atoms with van der Waals surface area (Å²) in [6, 6.07) is 10.2. The van der Waals surface area contributed by atoms with Crippen LogP contribution >= 0.6 is 0 Å². The predicted octanol–water partition coefficient (Wildman–Crippen LogP) is 3.53. The zero-order chi connectivity index (χ0) is 22.0. The van der Waals surface area contributed by atoms with Gasteiger partial charge in [-0.05, 0) is 31.2 Å². The van der Waals surface area contributed by atoms with Crippen LogP contribution in [0.2, 0.25) is 0 Å². The Hall–Kier alpha value is -1.51. The van der Waals surface area contributed by atoms with Gasteiger partial charge in [-0.1, -0.05) is 36.8 Å². The average molecular weight is 447 g/mol. The van der Waals surface area contributed by atoms with Crippen molar-refractivity contribution in [3.63, 3.8) is 0 Å². The summed E-state index contributed by atoms with van der Waals surface area (Å²) in [6.45, 7) is 0.986. The molecule has 3 aliphatic heterocycles. The molecule has 32 heavy (non-hydrogen) atoms. The Bertz CT molecular complexity index is 763. The number of carbonyl (C=O) groups excluding carboxylic acids is 1. The lowest BCUT2D eigenvalue weighted by atomic mass is 9.89. The second kappa shape index (κ2) is 9.77. The van der Waals surface area contributed by atoms with Gasteiger partial charge in [0.25, 0.3) is 0 Å². The Kier molecular flexibility index (Phi) is 6.81. The van der Waals surface area contributed by atoms with Crippen LogP contribution in [0.25, 0.3) is 0 Å². The van der Waals surface area contributed by atoms with Crippen molar-refractivity contribution in [2.45, 2.75) is 100 Å². The number of fused-ring (bicyclic) bond motifs is 3. The van der Waals surface area contributed by atoms with E-state index >= 15 is 0 Å². The summed E-state index contributed by atoms with van der Waals surface area (Å²) in [5.41, 5.74) is 1.14. The Labute approximate surface area is 189 Å². The standard InChI is InChI=1S/C25H34O7/c1-27-21(26)14-18-10-11-19-22(29-18)24-23(31-25(32-24)12-6-3-7-13-25)20(30-19)16-28-15-17-8-4-2-5-9-17/h2,4-5,8-9,18-20,22-24H,3,6-7,10-16H2,1H3/t18?,19-,20?,22?,23?,24?/m0/s1. The number of esters is 1.